The number of hydrogen-bond acceptors (Lipinski definition) is 5. The van der Waals surface area contributed by atoms with E-state index in [4.69, 9.17) is 19.3 Å². The lowest BCUT2D eigenvalue weighted by Gasteiger charge is -2.16. The number of carbonyl (C=O) groups excluding carboxylic acids is 1. The first-order valence-corrected chi connectivity index (χ1v) is 6.28. The molecule has 0 aliphatic rings. The molecule has 0 saturated carbocycles. The molecular formula is C14H19NO6. The topological polar surface area (TPSA) is 94.1 Å². The molecule has 0 aliphatic carbocycles. The van der Waals surface area contributed by atoms with Crippen LogP contribution >= 0.6 is 0 Å². The van der Waals surface area contributed by atoms with Gasteiger partial charge in [0.15, 0.2) is 11.5 Å². The second kappa shape index (κ2) is 8.11. The van der Waals surface area contributed by atoms with Crippen molar-refractivity contribution in [2.24, 2.45) is 0 Å². The Kier molecular flexibility index (Phi) is 6.48. The molecule has 2 N–H and O–H groups in total. The van der Waals surface area contributed by atoms with Gasteiger partial charge in [-0.25, -0.2) is 4.79 Å². The number of carboxylic acids is 1. The predicted molar refractivity (Wildman–Crippen MR) is 74.9 cm³/mol. The highest BCUT2D eigenvalue weighted by Gasteiger charge is 2.23. The number of amides is 1. The van der Waals surface area contributed by atoms with Crippen LogP contribution in [-0.2, 0) is 9.53 Å². The zero-order chi connectivity index (χ0) is 15.8. The zero-order valence-electron chi connectivity index (χ0n) is 12.2. The van der Waals surface area contributed by atoms with Crippen LogP contribution in [0.25, 0.3) is 0 Å². The maximum atomic E-state index is 12.2. The SMILES string of the molecule is COCCC(NC(=O)c1cccc(OC)c1OC)C(=O)O. The Hall–Kier alpha value is -2.28. The summed E-state index contributed by atoms with van der Waals surface area (Å²) < 4.78 is 15.1. The lowest BCUT2D eigenvalue weighted by molar-refractivity contribution is -0.139. The molecule has 0 fully saturated rings. The highest BCUT2D eigenvalue weighted by molar-refractivity contribution is 5.99. The summed E-state index contributed by atoms with van der Waals surface area (Å²) in [6, 6.07) is 3.77. The van der Waals surface area contributed by atoms with Crippen molar-refractivity contribution in [2.75, 3.05) is 27.9 Å². The molecule has 0 saturated heterocycles. The van der Waals surface area contributed by atoms with Crippen LogP contribution in [0.2, 0.25) is 0 Å². The third kappa shape index (κ3) is 4.35. The number of benzene rings is 1. The van der Waals surface area contributed by atoms with E-state index < -0.39 is 17.9 Å². The summed E-state index contributed by atoms with van der Waals surface area (Å²) >= 11 is 0. The number of aliphatic carboxylic acids is 1. The Bertz CT molecular complexity index is 502. The minimum atomic E-state index is -1.12. The van der Waals surface area contributed by atoms with Crippen molar-refractivity contribution >= 4 is 11.9 Å². The first-order chi connectivity index (χ1) is 10.0. The minimum Gasteiger partial charge on any atom is -0.493 e. The van der Waals surface area contributed by atoms with Gasteiger partial charge < -0.3 is 24.6 Å². The van der Waals surface area contributed by atoms with Gasteiger partial charge in [0, 0.05) is 20.1 Å². The number of carboxylic acid groups (broad SMARTS) is 1. The van der Waals surface area contributed by atoms with Crippen molar-refractivity contribution in [3.8, 4) is 11.5 Å². The fourth-order valence-electron chi connectivity index (χ4n) is 1.80. The lowest BCUT2D eigenvalue weighted by Crippen LogP contribution is -2.41. The molecule has 0 aliphatic heterocycles. The van der Waals surface area contributed by atoms with Gasteiger partial charge in [-0.05, 0) is 12.1 Å². The number of hydrogen-bond donors (Lipinski definition) is 2. The van der Waals surface area contributed by atoms with Crippen LogP contribution < -0.4 is 14.8 Å². The van der Waals surface area contributed by atoms with Crippen LogP contribution in [-0.4, -0.2) is 51.0 Å². The molecule has 0 radical (unpaired) electrons. The average Bonchev–Trinajstić information content (AvgIpc) is 2.49. The minimum absolute atomic E-state index is 0.170. The molecule has 7 nitrogen and oxygen atoms in total. The molecule has 0 aromatic heterocycles. The van der Waals surface area contributed by atoms with Gasteiger partial charge >= 0.3 is 5.97 Å². The average molecular weight is 297 g/mol. The summed E-state index contributed by atoms with van der Waals surface area (Å²) in [6.45, 7) is 0.229. The maximum absolute atomic E-state index is 12.2. The molecule has 0 bridgehead atoms. The number of methoxy groups -OCH3 is 3. The highest BCUT2D eigenvalue weighted by atomic mass is 16.5. The molecule has 116 valence electrons. The zero-order valence-corrected chi connectivity index (χ0v) is 12.2. The summed E-state index contributed by atoms with van der Waals surface area (Å²) in [4.78, 5) is 23.3. The van der Waals surface area contributed by atoms with E-state index >= 15 is 0 Å². The van der Waals surface area contributed by atoms with Crippen LogP contribution in [0.5, 0.6) is 11.5 Å². The van der Waals surface area contributed by atoms with E-state index in [0.29, 0.717) is 5.75 Å². The number of nitrogens with one attached hydrogen (secondary N) is 1. The summed E-state index contributed by atoms with van der Waals surface area (Å²) in [5, 5.41) is 11.5. The lowest BCUT2D eigenvalue weighted by atomic mass is 10.1. The normalized spacial score (nSPS) is 11.6. The van der Waals surface area contributed by atoms with Crippen LogP contribution in [0.1, 0.15) is 16.8 Å². The molecule has 1 unspecified atom stereocenters. The summed E-state index contributed by atoms with van der Waals surface area (Å²) in [6.07, 6.45) is 0.170. The van der Waals surface area contributed by atoms with Crippen molar-refractivity contribution in [2.45, 2.75) is 12.5 Å². The van der Waals surface area contributed by atoms with Gasteiger partial charge in [-0.1, -0.05) is 6.07 Å². The van der Waals surface area contributed by atoms with E-state index in [1.807, 2.05) is 0 Å². The van der Waals surface area contributed by atoms with Crippen molar-refractivity contribution in [1.29, 1.82) is 0 Å². The smallest absolute Gasteiger partial charge is 0.326 e. The van der Waals surface area contributed by atoms with E-state index in [2.05, 4.69) is 5.32 Å². The van der Waals surface area contributed by atoms with Gasteiger partial charge in [-0.15, -0.1) is 0 Å². The first-order valence-electron chi connectivity index (χ1n) is 6.28. The van der Waals surface area contributed by atoms with Crippen LogP contribution in [0.15, 0.2) is 18.2 Å². The first kappa shape index (κ1) is 16.8. The van der Waals surface area contributed by atoms with E-state index in [1.165, 1.54) is 27.4 Å². The van der Waals surface area contributed by atoms with E-state index in [-0.39, 0.29) is 24.3 Å². The molecule has 1 amide bonds. The van der Waals surface area contributed by atoms with E-state index in [9.17, 15) is 9.59 Å². The third-order valence-electron chi connectivity index (χ3n) is 2.86. The summed E-state index contributed by atoms with van der Waals surface area (Å²) in [5.74, 6) is -1.01. The molecule has 0 heterocycles. The molecule has 1 aromatic rings. The molecule has 7 heteroatoms. The largest absolute Gasteiger partial charge is 0.493 e. The van der Waals surface area contributed by atoms with Crippen LogP contribution in [0.3, 0.4) is 0 Å². The standard InChI is InChI=1S/C14H19NO6/c1-19-8-7-10(14(17)18)15-13(16)9-5-4-6-11(20-2)12(9)21-3/h4-6,10H,7-8H2,1-3H3,(H,15,16)(H,17,18). The Morgan fingerprint density at radius 3 is 2.48 bits per heavy atom. The van der Waals surface area contributed by atoms with Gasteiger partial charge in [-0.3, -0.25) is 4.79 Å². The summed E-state index contributed by atoms with van der Waals surface area (Å²) in [7, 11) is 4.33. The van der Waals surface area contributed by atoms with Crippen LogP contribution in [0.4, 0.5) is 0 Å². The van der Waals surface area contributed by atoms with Crippen molar-refractivity contribution in [1.82, 2.24) is 5.32 Å². The number of para-hydroxylation sites is 1. The Labute approximate surface area is 122 Å². The molecule has 1 atom stereocenters. The fraction of sp³-hybridized carbons (Fsp3) is 0.429. The molecule has 1 aromatic carbocycles. The maximum Gasteiger partial charge on any atom is 0.326 e. The fourth-order valence-corrected chi connectivity index (χ4v) is 1.80. The summed E-state index contributed by atoms with van der Waals surface area (Å²) in [5.41, 5.74) is 0.209. The van der Waals surface area contributed by atoms with Crippen LogP contribution in [0, 0.1) is 0 Å². The number of rotatable bonds is 8. The Morgan fingerprint density at radius 2 is 1.95 bits per heavy atom. The second-order valence-electron chi connectivity index (χ2n) is 4.19. The van der Waals surface area contributed by atoms with Crippen molar-refractivity contribution < 1.29 is 28.9 Å². The van der Waals surface area contributed by atoms with Crippen molar-refractivity contribution in [3.63, 3.8) is 0 Å². The Balaban J connectivity index is 2.94. The van der Waals surface area contributed by atoms with Gasteiger partial charge in [0.05, 0.1) is 19.8 Å². The predicted octanol–water partition coefficient (Wildman–Crippen LogP) is 0.923. The Morgan fingerprint density at radius 1 is 1.24 bits per heavy atom. The van der Waals surface area contributed by atoms with Gasteiger partial charge in [0.25, 0.3) is 5.91 Å². The van der Waals surface area contributed by atoms with E-state index in [0.717, 1.165) is 0 Å². The monoisotopic (exact) mass is 297 g/mol. The van der Waals surface area contributed by atoms with Gasteiger partial charge in [0.1, 0.15) is 6.04 Å². The molecule has 1 rings (SSSR count). The van der Waals surface area contributed by atoms with Crippen molar-refractivity contribution in [3.05, 3.63) is 23.8 Å². The van der Waals surface area contributed by atoms with Gasteiger partial charge in [0.2, 0.25) is 0 Å². The molecule has 21 heavy (non-hydrogen) atoms. The molecular weight excluding hydrogens is 278 g/mol. The number of ether oxygens (including phenoxy) is 3. The molecule has 0 spiro atoms. The van der Waals surface area contributed by atoms with E-state index in [1.54, 1.807) is 12.1 Å². The second-order valence-corrected chi connectivity index (χ2v) is 4.19. The number of carbonyl (C=O) groups is 2. The third-order valence-corrected chi connectivity index (χ3v) is 2.86. The quantitative estimate of drug-likeness (QED) is 0.741. The van der Waals surface area contributed by atoms with Gasteiger partial charge in [-0.2, -0.15) is 0 Å². The highest BCUT2D eigenvalue weighted by Crippen LogP contribution is 2.30.